The van der Waals surface area contributed by atoms with Gasteiger partial charge in [0.15, 0.2) is 6.03 Å². The summed E-state index contributed by atoms with van der Waals surface area (Å²) in [5.41, 5.74) is 0. The first kappa shape index (κ1) is 20.3. The van der Waals surface area contributed by atoms with E-state index in [1.807, 2.05) is 34.4 Å². The van der Waals surface area contributed by atoms with E-state index in [2.05, 4.69) is 21.3 Å². The van der Waals surface area contributed by atoms with E-state index in [1.54, 1.807) is 0 Å². The quantitative estimate of drug-likeness (QED) is 0.144. The molecule has 0 aromatic rings. The largest absolute Gasteiger partial charge is 0.445 e. The van der Waals surface area contributed by atoms with Crippen LogP contribution in [0.15, 0.2) is 0 Å². The SMILES string of the molecule is O=C(CI)NCCNC(=O)CCCCC1SC[C@@H]2[N-]C(=O)N[C@H]12.[Rf]. The molecule has 2 fully saturated rings. The van der Waals surface area contributed by atoms with Crippen LogP contribution >= 0.6 is 34.4 Å². The van der Waals surface area contributed by atoms with E-state index in [4.69, 9.17) is 0 Å². The smallest absolute Gasteiger partial charge is 0.229 e. The van der Waals surface area contributed by atoms with Crippen LogP contribution in [0.5, 0.6) is 0 Å². The Bertz CT molecular complexity index is 458. The van der Waals surface area contributed by atoms with Gasteiger partial charge >= 0.3 is 0 Å². The summed E-state index contributed by atoms with van der Waals surface area (Å²) < 4.78 is 0.431. The molecule has 132 valence electrons. The van der Waals surface area contributed by atoms with Gasteiger partial charge in [-0.05, 0) is 30.7 Å². The minimum atomic E-state index is -0.181. The van der Waals surface area contributed by atoms with Gasteiger partial charge < -0.3 is 21.3 Å². The molecule has 2 aliphatic rings. The van der Waals surface area contributed by atoms with E-state index < -0.39 is 0 Å². The van der Waals surface area contributed by atoms with Crippen LogP contribution in [-0.2, 0) is 9.59 Å². The topological polar surface area (TPSA) is 101 Å². The van der Waals surface area contributed by atoms with Crippen molar-refractivity contribution in [2.75, 3.05) is 23.3 Å². The molecule has 10 heteroatoms. The summed E-state index contributed by atoms with van der Waals surface area (Å²) in [4.78, 5) is 33.9. The standard InChI is InChI=1S/C14H23IN4O3S.Rf/c15-7-12(21)17-6-5-16-11(20)4-2-1-3-10-13-9(8-23-10)18-14(22)19-13;/h9-10,13H,1-8H2,(H4,16,17,18,19,20,21,22);/p-1/t9-,10?,13-;/m0./s1. The first-order valence-corrected chi connectivity index (χ1v) is 10.4. The number of alkyl halides is 1. The molecule has 4 amide bonds. The van der Waals surface area contributed by atoms with Gasteiger partial charge in [0.05, 0.1) is 4.43 Å². The molecular weight excluding hydrogens is 698 g/mol. The van der Waals surface area contributed by atoms with Crippen LogP contribution in [-0.4, -0.2) is 58.4 Å². The Morgan fingerprint density at radius 3 is 2.67 bits per heavy atom. The van der Waals surface area contributed by atoms with Gasteiger partial charge in [-0.15, -0.1) is 0 Å². The average Bonchev–Trinajstić information content (AvgIpc) is 3.07. The number of urea groups is 1. The molecule has 0 spiro atoms. The number of nitrogens with zero attached hydrogens (tertiary/aromatic N) is 1. The summed E-state index contributed by atoms with van der Waals surface area (Å²) in [7, 11) is 0. The maximum Gasteiger partial charge on any atom is 0.229 e. The Balaban J connectivity index is 0.00000288. The number of nitrogens with one attached hydrogen (secondary N) is 3. The van der Waals surface area contributed by atoms with E-state index >= 15 is 0 Å². The molecule has 2 heterocycles. The van der Waals surface area contributed by atoms with Crippen LogP contribution < -0.4 is 16.0 Å². The maximum absolute atomic E-state index is 11.7. The first-order chi connectivity index (χ1) is 11.1. The van der Waals surface area contributed by atoms with E-state index in [1.165, 1.54) is 0 Å². The summed E-state index contributed by atoms with van der Waals surface area (Å²) in [5, 5.41) is 12.9. The van der Waals surface area contributed by atoms with Crippen LogP contribution in [0.2, 0.25) is 0 Å². The monoisotopic (exact) mass is 720 g/mol. The molecule has 1 unspecified atom stereocenters. The van der Waals surface area contributed by atoms with E-state index in [0.717, 1.165) is 25.0 Å². The molecule has 0 radical (unpaired) electrons. The third kappa shape index (κ3) is 6.06. The fourth-order valence-corrected chi connectivity index (χ4v) is 4.53. The van der Waals surface area contributed by atoms with Crippen molar-refractivity contribution in [3.63, 3.8) is 0 Å². The molecule has 3 N–H and O–H groups in total. The third-order valence-electron chi connectivity index (χ3n) is 3.90. The fraction of sp³-hybridized carbons (Fsp3) is 0.786. The molecule has 0 aromatic carbocycles. The van der Waals surface area contributed by atoms with Crippen molar-refractivity contribution in [2.24, 2.45) is 0 Å². The van der Waals surface area contributed by atoms with Crippen LogP contribution in [0.25, 0.3) is 5.32 Å². The molecule has 2 saturated heterocycles. The number of fused-ring (bicyclic) bond motifs is 1. The van der Waals surface area contributed by atoms with Crippen molar-refractivity contribution >= 4 is 52.2 Å². The van der Waals surface area contributed by atoms with Crippen molar-refractivity contribution in [2.45, 2.75) is 43.0 Å². The zero-order valence-electron chi connectivity index (χ0n) is 13.6. The summed E-state index contributed by atoms with van der Waals surface area (Å²) >= 11 is 3.86. The van der Waals surface area contributed by atoms with Crippen LogP contribution in [0.1, 0.15) is 25.7 Å². The van der Waals surface area contributed by atoms with Gasteiger partial charge in [-0.1, -0.05) is 29.0 Å². The second-order valence-corrected chi connectivity index (χ2v) is 7.66. The van der Waals surface area contributed by atoms with Gasteiger partial charge in [-0.25, -0.2) is 0 Å². The van der Waals surface area contributed by atoms with Crippen molar-refractivity contribution in [3.8, 4) is 0 Å². The molecular formula is C14H22IN4O3RfS-. The van der Waals surface area contributed by atoms with E-state index in [-0.39, 0.29) is 29.9 Å². The van der Waals surface area contributed by atoms with Crippen molar-refractivity contribution < 1.29 is 14.4 Å². The Morgan fingerprint density at radius 1 is 1.25 bits per heavy atom. The average molecular weight is 720 g/mol. The van der Waals surface area contributed by atoms with Gasteiger partial charge in [-0.2, -0.15) is 11.8 Å². The molecule has 0 aromatic heterocycles. The van der Waals surface area contributed by atoms with Crippen molar-refractivity contribution in [1.82, 2.24) is 16.0 Å². The Hall–Kier alpha value is -1.71. The third-order valence-corrected chi connectivity index (χ3v) is 6.09. The number of thioether (sulfide) groups is 1. The predicted octanol–water partition coefficient (Wildman–Crippen LogP) is 1.16. The normalized spacial score (nSPS) is 24.4. The Morgan fingerprint density at radius 2 is 1.96 bits per heavy atom. The number of unbranched alkanes of at least 4 members (excludes halogenated alkanes) is 1. The summed E-state index contributed by atoms with van der Waals surface area (Å²) in [6.07, 6.45) is 3.31. The molecule has 0 bridgehead atoms. The van der Waals surface area contributed by atoms with Gasteiger partial charge in [0.25, 0.3) is 0 Å². The summed E-state index contributed by atoms with van der Waals surface area (Å²) in [6.45, 7) is 0.940. The van der Waals surface area contributed by atoms with Gasteiger partial charge in [0.1, 0.15) is 0 Å². The predicted molar refractivity (Wildman–Crippen MR) is 99.1 cm³/mol. The van der Waals surface area contributed by atoms with Gasteiger partial charge in [-0.3, -0.25) is 14.4 Å². The summed E-state index contributed by atoms with van der Waals surface area (Å²) in [6, 6.07) is 0.140. The number of carbonyl (C=O) groups excluding carboxylic acids is 3. The fourth-order valence-electron chi connectivity index (χ4n) is 2.75. The van der Waals surface area contributed by atoms with Crippen molar-refractivity contribution in [1.29, 1.82) is 0 Å². The Labute approximate surface area is 154 Å². The van der Waals surface area contributed by atoms with Crippen LogP contribution in [0.4, 0.5) is 4.79 Å². The number of hydrogen-bond donors (Lipinski definition) is 3. The second-order valence-electron chi connectivity index (χ2n) is 5.62. The molecule has 2 rings (SSSR count). The zero-order chi connectivity index (χ0) is 16.7. The molecule has 2 aliphatic heterocycles. The van der Waals surface area contributed by atoms with Crippen LogP contribution in [0.3, 0.4) is 0 Å². The summed E-state index contributed by atoms with van der Waals surface area (Å²) in [5.74, 6) is 0.921. The minimum absolute atomic E-state index is 0. The van der Waals surface area contributed by atoms with Crippen LogP contribution in [0, 0.1) is 0 Å². The zero-order valence-corrected chi connectivity index (χ0v) is 22.9. The number of hydrogen-bond acceptors (Lipinski definition) is 4. The van der Waals surface area contributed by atoms with Gasteiger partial charge in [0, 0.05) is 24.8 Å². The molecule has 3 atom stereocenters. The first-order valence-electron chi connectivity index (χ1n) is 7.82. The maximum atomic E-state index is 11.7. The Kier molecular flexibility index (Phi) is 8.66. The molecule has 7 nitrogen and oxygen atoms in total. The number of carbonyl (C=O) groups is 3. The van der Waals surface area contributed by atoms with E-state index in [0.29, 0.717) is 29.2 Å². The van der Waals surface area contributed by atoms with Gasteiger partial charge in [0.2, 0.25) is 11.8 Å². The molecule has 0 saturated carbocycles. The number of rotatable bonds is 9. The molecule has 24 heavy (non-hydrogen) atoms. The van der Waals surface area contributed by atoms with E-state index in [9.17, 15) is 14.4 Å². The number of halogens is 1. The molecule has 0 aliphatic carbocycles. The van der Waals surface area contributed by atoms with Crippen molar-refractivity contribution in [3.05, 3.63) is 5.32 Å². The second kappa shape index (κ2) is 10.2. The minimum Gasteiger partial charge on any atom is -0.445 e. The number of amides is 4.